The third-order valence-electron chi connectivity index (χ3n) is 13.8. The van der Waals surface area contributed by atoms with Crippen molar-refractivity contribution in [1.82, 2.24) is 0 Å². The lowest BCUT2D eigenvalue weighted by molar-refractivity contribution is -0.167. The summed E-state index contributed by atoms with van der Waals surface area (Å²) in [5.41, 5.74) is 0. The Labute approximate surface area is 441 Å². The zero-order chi connectivity index (χ0) is 51.4. The van der Waals surface area contributed by atoms with E-state index < -0.39 is 6.10 Å². The van der Waals surface area contributed by atoms with E-state index in [9.17, 15) is 14.4 Å². The first kappa shape index (κ1) is 68.4. The van der Waals surface area contributed by atoms with Gasteiger partial charge in [0.2, 0.25) is 0 Å². The third-order valence-corrected chi connectivity index (χ3v) is 13.8. The molecule has 414 valence electrons. The van der Waals surface area contributed by atoms with Crippen LogP contribution in [0, 0.1) is 0 Å². The third kappa shape index (κ3) is 58.1. The minimum absolute atomic E-state index is 0.0748. The summed E-state index contributed by atoms with van der Waals surface area (Å²) >= 11 is 0. The molecule has 6 nitrogen and oxygen atoms in total. The molecule has 0 saturated carbocycles. The molecule has 0 aromatic carbocycles. The van der Waals surface area contributed by atoms with Crippen LogP contribution in [0.1, 0.15) is 329 Å². The highest BCUT2D eigenvalue weighted by atomic mass is 16.6. The molecule has 0 aromatic heterocycles. The minimum atomic E-state index is -0.776. The predicted octanol–water partition coefficient (Wildman–Crippen LogP) is 21.0. The molecule has 0 rings (SSSR count). The van der Waals surface area contributed by atoms with Crippen LogP contribution in [-0.2, 0) is 28.6 Å². The van der Waals surface area contributed by atoms with Crippen LogP contribution >= 0.6 is 0 Å². The van der Waals surface area contributed by atoms with E-state index in [0.717, 1.165) is 96.3 Å². The van der Waals surface area contributed by atoms with E-state index in [1.807, 2.05) is 0 Å². The molecule has 0 aliphatic heterocycles. The fraction of sp³-hybridized carbons (Fsp3) is 0.831. The average molecular weight is 996 g/mol. The number of carbonyl (C=O) groups is 3. The van der Waals surface area contributed by atoms with Crippen LogP contribution < -0.4 is 0 Å². The van der Waals surface area contributed by atoms with Crippen LogP contribution in [0.4, 0.5) is 0 Å². The van der Waals surface area contributed by atoms with Crippen molar-refractivity contribution in [3.8, 4) is 0 Å². The van der Waals surface area contributed by atoms with Gasteiger partial charge in [-0.1, -0.05) is 281 Å². The zero-order valence-electron chi connectivity index (χ0n) is 47.5. The number of hydrogen-bond acceptors (Lipinski definition) is 6. The molecule has 0 heterocycles. The van der Waals surface area contributed by atoms with E-state index in [-0.39, 0.29) is 31.1 Å². The second kappa shape index (κ2) is 59.9. The maximum absolute atomic E-state index is 12.8. The number of rotatable bonds is 57. The van der Waals surface area contributed by atoms with E-state index in [4.69, 9.17) is 14.2 Å². The Balaban J connectivity index is 4.11. The van der Waals surface area contributed by atoms with E-state index in [0.29, 0.717) is 19.3 Å². The molecule has 0 amide bonds. The van der Waals surface area contributed by atoms with E-state index in [1.54, 1.807) is 0 Å². The molecule has 71 heavy (non-hydrogen) atoms. The van der Waals surface area contributed by atoms with Crippen LogP contribution in [0.2, 0.25) is 0 Å². The highest BCUT2D eigenvalue weighted by Gasteiger charge is 2.19. The van der Waals surface area contributed by atoms with Gasteiger partial charge in [0, 0.05) is 19.3 Å². The lowest BCUT2D eigenvalue weighted by Gasteiger charge is -2.18. The second-order valence-electron chi connectivity index (χ2n) is 21.0. The van der Waals surface area contributed by atoms with Crippen LogP contribution in [0.15, 0.2) is 48.6 Å². The van der Waals surface area contributed by atoms with Crippen molar-refractivity contribution in [2.75, 3.05) is 13.2 Å². The van der Waals surface area contributed by atoms with E-state index in [1.165, 1.54) is 193 Å². The maximum atomic E-state index is 12.8. The summed E-state index contributed by atoms with van der Waals surface area (Å²) in [5, 5.41) is 0. The summed E-state index contributed by atoms with van der Waals surface area (Å²) in [7, 11) is 0. The van der Waals surface area contributed by atoms with Gasteiger partial charge < -0.3 is 14.2 Å². The molecule has 0 bridgehead atoms. The fourth-order valence-corrected chi connectivity index (χ4v) is 9.10. The molecule has 0 saturated heterocycles. The highest BCUT2D eigenvalue weighted by molar-refractivity contribution is 5.71. The summed E-state index contributed by atoms with van der Waals surface area (Å²) in [5.74, 6) is -0.874. The molecule has 1 unspecified atom stereocenters. The number of allylic oxidation sites excluding steroid dienone is 8. The molecule has 1 atom stereocenters. The number of unbranched alkanes of at least 4 members (excludes halogenated alkanes) is 38. The Kier molecular flexibility index (Phi) is 57.7. The zero-order valence-corrected chi connectivity index (χ0v) is 47.5. The van der Waals surface area contributed by atoms with Gasteiger partial charge in [0.15, 0.2) is 6.10 Å². The summed E-state index contributed by atoms with van der Waals surface area (Å²) in [6.07, 6.45) is 74.2. The molecular formula is C65H118O6. The summed E-state index contributed by atoms with van der Waals surface area (Å²) in [6, 6.07) is 0. The van der Waals surface area contributed by atoms with E-state index >= 15 is 0 Å². The van der Waals surface area contributed by atoms with Crippen molar-refractivity contribution >= 4 is 17.9 Å². The standard InChI is InChI=1S/C65H118O6/c1-4-7-10-13-16-19-22-24-25-26-27-28-29-30-31-32-33-34-35-36-37-38-39-41-43-46-49-52-55-58-64(67)70-61-62(60-69-63(66)57-54-51-48-45-42-21-18-15-12-9-6-3)71-65(68)59-56-53-50-47-44-40-23-20-17-14-11-8-5-2/h11,14,20,22-24,26-27,62H,4-10,12-13,15-19,21,25,28-61H2,1-3H3/b14-11-,23-20-,24-22-,27-26-. The van der Waals surface area contributed by atoms with Crippen molar-refractivity contribution in [2.45, 2.75) is 335 Å². The van der Waals surface area contributed by atoms with Gasteiger partial charge in [-0.2, -0.15) is 0 Å². The SMILES string of the molecule is CCC/C=C\C/C=C\CCCCCCCC(=O)OC(COC(=O)CCCCCCCCCCCCC)COC(=O)CCCCCCCCCCCCCCCCCCC/C=C\C/C=C\CCCCCCC. The Hall–Kier alpha value is -2.63. The van der Waals surface area contributed by atoms with Gasteiger partial charge in [-0.15, -0.1) is 0 Å². The van der Waals surface area contributed by atoms with Crippen molar-refractivity contribution in [3.63, 3.8) is 0 Å². The van der Waals surface area contributed by atoms with Crippen molar-refractivity contribution in [1.29, 1.82) is 0 Å². The van der Waals surface area contributed by atoms with Crippen LogP contribution in [-0.4, -0.2) is 37.2 Å². The summed E-state index contributed by atoms with van der Waals surface area (Å²) < 4.78 is 16.9. The predicted molar refractivity (Wildman–Crippen MR) is 307 cm³/mol. The smallest absolute Gasteiger partial charge is 0.306 e. The first-order chi connectivity index (χ1) is 35.0. The average Bonchev–Trinajstić information content (AvgIpc) is 3.37. The maximum Gasteiger partial charge on any atom is 0.306 e. The number of carbonyl (C=O) groups excluding carboxylic acids is 3. The van der Waals surface area contributed by atoms with Gasteiger partial charge in [-0.3, -0.25) is 14.4 Å². The van der Waals surface area contributed by atoms with Crippen LogP contribution in [0.3, 0.4) is 0 Å². The van der Waals surface area contributed by atoms with E-state index in [2.05, 4.69) is 69.4 Å². The second-order valence-corrected chi connectivity index (χ2v) is 21.0. The summed E-state index contributed by atoms with van der Waals surface area (Å²) in [6.45, 7) is 6.58. The van der Waals surface area contributed by atoms with Gasteiger partial charge in [0.1, 0.15) is 13.2 Å². The van der Waals surface area contributed by atoms with Crippen LogP contribution in [0.5, 0.6) is 0 Å². The van der Waals surface area contributed by atoms with Gasteiger partial charge >= 0.3 is 17.9 Å². The first-order valence-electron chi connectivity index (χ1n) is 31.1. The van der Waals surface area contributed by atoms with Gasteiger partial charge in [0.05, 0.1) is 0 Å². The normalized spacial score (nSPS) is 12.3. The van der Waals surface area contributed by atoms with Crippen LogP contribution in [0.25, 0.3) is 0 Å². The van der Waals surface area contributed by atoms with Crippen molar-refractivity contribution < 1.29 is 28.6 Å². The topological polar surface area (TPSA) is 78.9 Å². The highest BCUT2D eigenvalue weighted by Crippen LogP contribution is 2.17. The first-order valence-corrected chi connectivity index (χ1v) is 31.1. The molecule has 0 aliphatic rings. The van der Waals surface area contributed by atoms with Gasteiger partial charge in [0.25, 0.3) is 0 Å². The minimum Gasteiger partial charge on any atom is -0.462 e. The lowest BCUT2D eigenvalue weighted by Crippen LogP contribution is -2.30. The monoisotopic (exact) mass is 995 g/mol. The molecular weight excluding hydrogens is 877 g/mol. The van der Waals surface area contributed by atoms with Gasteiger partial charge in [-0.05, 0) is 77.0 Å². The molecule has 0 aromatic rings. The Morgan fingerprint density at radius 2 is 0.535 bits per heavy atom. The lowest BCUT2D eigenvalue weighted by atomic mass is 10.0. The molecule has 0 fully saturated rings. The quantitative estimate of drug-likeness (QED) is 0.0261. The number of esters is 3. The molecule has 6 heteroatoms. The molecule has 0 radical (unpaired) electrons. The van der Waals surface area contributed by atoms with Gasteiger partial charge in [-0.25, -0.2) is 0 Å². The number of hydrogen-bond donors (Lipinski definition) is 0. The fourth-order valence-electron chi connectivity index (χ4n) is 9.10. The molecule has 0 spiro atoms. The Morgan fingerprint density at radius 1 is 0.282 bits per heavy atom. The summed E-state index contributed by atoms with van der Waals surface area (Å²) in [4.78, 5) is 38.1. The largest absolute Gasteiger partial charge is 0.462 e. The number of ether oxygens (including phenoxy) is 3. The Morgan fingerprint density at radius 3 is 0.831 bits per heavy atom. The molecule has 0 N–H and O–H groups in total. The molecule has 0 aliphatic carbocycles. The Bertz CT molecular complexity index is 1230. The van der Waals surface area contributed by atoms with Crippen molar-refractivity contribution in [3.05, 3.63) is 48.6 Å². The van der Waals surface area contributed by atoms with Crippen molar-refractivity contribution in [2.24, 2.45) is 0 Å².